The molecule has 4 unspecified atom stereocenters. The van der Waals surface area contributed by atoms with Crippen LogP contribution >= 0.6 is 0 Å². The first-order chi connectivity index (χ1) is 8.28. The lowest BCUT2D eigenvalue weighted by molar-refractivity contribution is -0.144. The average Bonchev–Trinajstić information content (AvgIpc) is 2.73. The molecule has 0 heterocycles. The largest absolute Gasteiger partial charge is 0.481 e. The molecule has 0 aliphatic heterocycles. The van der Waals surface area contributed by atoms with Gasteiger partial charge in [-0.05, 0) is 51.9 Å². The lowest BCUT2D eigenvalue weighted by atomic mass is 9.84. The molecule has 1 amide bonds. The Morgan fingerprint density at radius 3 is 2.39 bits per heavy atom. The summed E-state index contributed by atoms with van der Waals surface area (Å²) in [7, 11) is 0. The van der Waals surface area contributed by atoms with E-state index >= 15 is 0 Å². The van der Waals surface area contributed by atoms with Gasteiger partial charge in [-0.1, -0.05) is 0 Å². The summed E-state index contributed by atoms with van der Waals surface area (Å²) in [5.41, 5.74) is -0.555. The molecule has 2 bridgehead atoms. The maximum atomic E-state index is 11.7. The molecular weight excluding hydrogens is 234 g/mol. The van der Waals surface area contributed by atoms with Gasteiger partial charge in [0.1, 0.15) is 5.60 Å². The molecule has 2 saturated carbocycles. The molecular formula is C13H21NO4. The third-order valence-electron chi connectivity index (χ3n) is 3.88. The number of hydrogen-bond donors (Lipinski definition) is 2. The van der Waals surface area contributed by atoms with Crippen molar-refractivity contribution in [1.82, 2.24) is 5.32 Å². The summed E-state index contributed by atoms with van der Waals surface area (Å²) in [4.78, 5) is 23.0. The lowest BCUT2D eigenvalue weighted by Gasteiger charge is -2.30. The van der Waals surface area contributed by atoms with E-state index in [-0.39, 0.29) is 12.0 Å². The molecule has 2 N–H and O–H groups in total. The van der Waals surface area contributed by atoms with Crippen molar-refractivity contribution >= 4 is 12.1 Å². The molecule has 0 radical (unpaired) electrons. The van der Waals surface area contributed by atoms with Crippen LogP contribution in [0, 0.1) is 17.8 Å². The summed E-state index contributed by atoms with van der Waals surface area (Å²) in [6, 6.07) is -0.268. The van der Waals surface area contributed by atoms with Gasteiger partial charge >= 0.3 is 12.1 Å². The van der Waals surface area contributed by atoms with Crippen molar-refractivity contribution < 1.29 is 19.4 Å². The topological polar surface area (TPSA) is 75.6 Å². The number of ether oxygens (including phenoxy) is 1. The lowest BCUT2D eigenvalue weighted by Crippen LogP contribution is -2.48. The summed E-state index contributed by atoms with van der Waals surface area (Å²) < 4.78 is 5.19. The predicted molar refractivity (Wildman–Crippen MR) is 65.1 cm³/mol. The average molecular weight is 255 g/mol. The van der Waals surface area contributed by atoms with E-state index < -0.39 is 23.6 Å². The third kappa shape index (κ3) is 2.60. The summed E-state index contributed by atoms with van der Waals surface area (Å²) in [5, 5.41) is 12.0. The Hall–Kier alpha value is -1.26. The number of rotatable bonds is 2. The van der Waals surface area contributed by atoms with Crippen LogP contribution in [0.25, 0.3) is 0 Å². The van der Waals surface area contributed by atoms with E-state index in [9.17, 15) is 14.7 Å². The molecule has 4 atom stereocenters. The van der Waals surface area contributed by atoms with Crippen LogP contribution in [0.4, 0.5) is 4.79 Å². The Morgan fingerprint density at radius 1 is 1.22 bits per heavy atom. The molecule has 0 aromatic carbocycles. The molecule has 2 aliphatic rings. The number of fused-ring (bicyclic) bond motifs is 2. The number of aliphatic carboxylic acids is 1. The fourth-order valence-corrected chi connectivity index (χ4v) is 3.30. The van der Waals surface area contributed by atoms with Crippen LogP contribution in [-0.2, 0) is 9.53 Å². The Balaban J connectivity index is 2.00. The van der Waals surface area contributed by atoms with Gasteiger partial charge in [0.15, 0.2) is 0 Å². The van der Waals surface area contributed by atoms with Gasteiger partial charge in [-0.15, -0.1) is 0 Å². The van der Waals surface area contributed by atoms with E-state index in [1.54, 1.807) is 20.8 Å². The van der Waals surface area contributed by atoms with Crippen LogP contribution in [0.2, 0.25) is 0 Å². The van der Waals surface area contributed by atoms with E-state index in [1.807, 2.05) is 0 Å². The normalized spacial score (nSPS) is 34.4. The zero-order valence-electron chi connectivity index (χ0n) is 11.1. The summed E-state index contributed by atoms with van der Waals surface area (Å²) in [5.74, 6) is -0.740. The van der Waals surface area contributed by atoms with Crippen molar-refractivity contribution in [3.05, 3.63) is 0 Å². The first-order valence-corrected chi connectivity index (χ1v) is 6.50. The van der Waals surface area contributed by atoms with Crippen molar-refractivity contribution in [2.75, 3.05) is 0 Å². The van der Waals surface area contributed by atoms with Crippen molar-refractivity contribution in [2.45, 2.75) is 51.7 Å². The molecule has 2 rings (SSSR count). The molecule has 2 aliphatic carbocycles. The number of amides is 1. The second kappa shape index (κ2) is 4.44. The fourth-order valence-electron chi connectivity index (χ4n) is 3.30. The second-order valence-corrected chi connectivity index (χ2v) is 6.37. The van der Waals surface area contributed by atoms with Crippen LogP contribution in [-0.4, -0.2) is 28.8 Å². The Kier molecular flexibility index (Phi) is 3.25. The van der Waals surface area contributed by atoms with Crippen LogP contribution < -0.4 is 5.32 Å². The van der Waals surface area contributed by atoms with Crippen LogP contribution in [0.15, 0.2) is 0 Å². The van der Waals surface area contributed by atoms with Crippen molar-refractivity contribution in [3.8, 4) is 0 Å². The standard InChI is InChI=1S/C13H21NO4/c1-13(2,3)18-12(17)14-10-8-5-4-7(6-8)9(10)11(15)16/h7-10H,4-6H2,1-3H3,(H,14,17)(H,15,16). The fraction of sp³-hybridized carbons (Fsp3) is 0.846. The quantitative estimate of drug-likeness (QED) is 0.791. The number of carboxylic acids is 1. The zero-order valence-corrected chi connectivity index (χ0v) is 11.1. The van der Waals surface area contributed by atoms with Gasteiger partial charge in [-0.2, -0.15) is 0 Å². The minimum Gasteiger partial charge on any atom is -0.481 e. The van der Waals surface area contributed by atoms with E-state index in [0.717, 1.165) is 19.3 Å². The highest BCUT2D eigenvalue weighted by Gasteiger charge is 2.51. The summed E-state index contributed by atoms with van der Waals surface area (Å²) in [6.07, 6.45) is 2.38. The minimum absolute atomic E-state index is 0.215. The minimum atomic E-state index is -0.803. The number of alkyl carbamates (subject to hydrolysis) is 1. The molecule has 5 heteroatoms. The maximum absolute atomic E-state index is 11.7. The number of carbonyl (C=O) groups is 2. The highest BCUT2D eigenvalue weighted by atomic mass is 16.6. The van der Waals surface area contributed by atoms with E-state index in [1.165, 1.54) is 0 Å². The third-order valence-corrected chi connectivity index (χ3v) is 3.88. The first kappa shape index (κ1) is 13.2. The SMILES string of the molecule is CC(C)(C)OC(=O)NC1C2CCC(C2)C1C(=O)O. The molecule has 2 fully saturated rings. The molecule has 0 aromatic heterocycles. The molecule has 0 spiro atoms. The maximum Gasteiger partial charge on any atom is 0.407 e. The van der Waals surface area contributed by atoms with Gasteiger partial charge in [0.2, 0.25) is 0 Å². The molecule has 18 heavy (non-hydrogen) atoms. The van der Waals surface area contributed by atoms with Gasteiger partial charge in [0.05, 0.1) is 5.92 Å². The summed E-state index contributed by atoms with van der Waals surface area (Å²) >= 11 is 0. The Morgan fingerprint density at radius 2 is 1.83 bits per heavy atom. The Labute approximate surface area is 107 Å². The van der Waals surface area contributed by atoms with Crippen LogP contribution in [0.1, 0.15) is 40.0 Å². The zero-order chi connectivity index (χ0) is 13.5. The Bertz CT molecular complexity index is 360. The van der Waals surface area contributed by atoms with Crippen LogP contribution in [0.3, 0.4) is 0 Å². The highest BCUT2D eigenvalue weighted by Crippen LogP contribution is 2.48. The van der Waals surface area contributed by atoms with Crippen molar-refractivity contribution in [3.63, 3.8) is 0 Å². The van der Waals surface area contributed by atoms with Gasteiger partial charge in [-0.3, -0.25) is 4.79 Å². The second-order valence-electron chi connectivity index (χ2n) is 6.37. The van der Waals surface area contributed by atoms with E-state index in [0.29, 0.717) is 5.92 Å². The molecule has 0 saturated heterocycles. The molecule has 102 valence electrons. The smallest absolute Gasteiger partial charge is 0.407 e. The van der Waals surface area contributed by atoms with Crippen molar-refractivity contribution in [2.24, 2.45) is 17.8 Å². The molecule has 0 aromatic rings. The summed E-state index contributed by atoms with van der Waals surface area (Å²) in [6.45, 7) is 5.38. The number of hydrogen-bond acceptors (Lipinski definition) is 3. The van der Waals surface area contributed by atoms with Crippen molar-refractivity contribution in [1.29, 1.82) is 0 Å². The van der Waals surface area contributed by atoms with Gasteiger partial charge in [0.25, 0.3) is 0 Å². The van der Waals surface area contributed by atoms with Crippen LogP contribution in [0.5, 0.6) is 0 Å². The predicted octanol–water partition coefficient (Wildman–Crippen LogP) is 2.01. The van der Waals surface area contributed by atoms with Gasteiger partial charge < -0.3 is 15.2 Å². The first-order valence-electron chi connectivity index (χ1n) is 6.50. The number of nitrogens with one attached hydrogen (secondary N) is 1. The van der Waals surface area contributed by atoms with E-state index in [4.69, 9.17) is 4.74 Å². The monoisotopic (exact) mass is 255 g/mol. The van der Waals surface area contributed by atoms with Gasteiger partial charge in [0, 0.05) is 6.04 Å². The molecule has 5 nitrogen and oxygen atoms in total. The van der Waals surface area contributed by atoms with E-state index in [2.05, 4.69) is 5.32 Å². The number of carboxylic acid groups (broad SMARTS) is 1. The highest BCUT2D eigenvalue weighted by molar-refractivity contribution is 5.75. The van der Waals surface area contributed by atoms with Gasteiger partial charge in [-0.25, -0.2) is 4.79 Å². The number of carbonyl (C=O) groups excluding carboxylic acids is 1.